The molecule has 1 N–H and O–H groups in total. The summed E-state index contributed by atoms with van der Waals surface area (Å²) >= 11 is 0. The maximum absolute atomic E-state index is 13.1. The lowest BCUT2D eigenvalue weighted by molar-refractivity contribution is 0.622. The molecule has 0 aromatic carbocycles. The van der Waals surface area contributed by atoms with Crippen molar-refractivity contribution in [2.45, 2.75) is 13.8 Å². The molecule has 88 valence electrons. The van der Waals surface area contributed by atoms with Crippen molar-refractivity contribution < 1.29 is 4.39 Å². The molecule has 0 saturated carbocycles. The van der Waals surface area contributed by atoms with E-state index in [9.17, 15) is 4.39 Å². The van der Waals surface area contributed by atoms with Crippen LogP contribution in [0, 0.1) is 19.7 Å². The lowest BCUT2D eigenvalue weighted by atomic mass is 10.2. The monoisotopic (exact) mass is 232 g/mol. The van der Waals surface area contributed by atoms with E-state index in [1.54, 1.807) is 13.2 Å². The fourth-order valence-corrected chi connectivity index (χ4v) is 1.52. The molecule has 0 atom stereocenters. The van der Waals surface area contributed by atoms with Gasteiger partial charge < -0.3 is 5.32 Å². The van der Waals surface area contributed by atoms with Crippen LogP contribution >= 0.6 is 0 Å². The molecule has 0 fully saturated rings. The fourth-order valence-electron chi connectivity index (χ4n) is 1.52. The van der Waals surface area contributed by atoms with Crippen LogP contribution in [0.5, 0.6) is 0 Å². The number of anilines is 1. The van der Waals surface area contributed by atoms with E-state index in [-0.39, 0.29) is 5.82 Å². The van der Waals surface area contributed by atoms with Crippen molar-refractivity contribution in [1.29, 1.82) is 0 Å². The number of aromatic nitrogens is 3. The van der Waals surface area contributed by atoms with Crippen molar-refractivity contribution in [1.82, 2.24) is 15.0 Å². The molecule has 2 aromatic heterocycles. The Morgan fingerprint density at radius 3 is 2.47 bits per heavy atom. The molecule has 2 rings (SSSR count). The summed E-state index contributed by atoms with van der Waals surface area (Å²) in [6.45, 7) is 3.76. The highest BCUT2D eigenvalue weighted by atomic mass is 19.1. The zero-order valence-electron chi connectivity index (χ0n) is 9.95. The zero-order chi connectivity index (χ0) is 12.4. The minimum Gasteiger partial charge on any atom is -0.371 e. The molecule has 0 aliphatic heterocycles. The Bertz CT molecular complexity index is 554. The number of halogens is 1. The van der Waals surface area contributed by atoms with Gasteiger partial charge in [-0.3, -0.25) is 4.98 Å². The number of aryl methyl sites for hydroxylation is 2. The number of rotatable bonds is 2. The van der Waals surface area contributed by atoms with Crippen molar-refractivity contribution >= 4 is 5.82 Å². The summed E-state index contributed by atoms with van der Waals surface area (Å²) in [7, 11) is 1.76. The van der Waals surface area contributed by atoms with Crippen molar-refractivity contribution in [3.05, 3.63) is 35.7 Å². The van der Waals surface area contributed by atoms with Crippen LogP contribution in [-0.2, 0) is 0 Å². The molecule has 0 radical (unpaired) electrons. The summed E-state index contributed by atoms with van der Waals surface area (Å²) in [6.07, 6.45) is 2.74. The Kier molecular flexibility index (Phi) is 2.99. The van der Waals surface area contributed by atoms with Crippen molar-refractivity contribution in [2.24, 2.45) is 0 Å². The second kappa shape index (κ2) is 4.45. The Morgan fingerprint density at radius 1 is 1.12 bits per heavy atom. The first kappa shape index (κ1) is 11.4. The van der Waals surface area contributed by atoms with Gasteiger partial charge in [-0.1, -0.05) is 0 Å². The van der Waals surface area contributed by atoms with Crippen LogP contribution in [0.2, 0.25) is 0 Å². The summed E-state index contributed by atoms with van der Waals surface area (Å²) < 4.78 is 13.1. The molecule has 17 heavy (non-hydrogen) atoms. The predicted molar refractivity (Wildman–Crippen MR) is 64.2 cm³/mol. The molecule has 5 heteroatoms. The maximum Gasteiger partial charge on any atom is 0.152 e. The topological polar surface area (TPSA) is 50.7 Å². The van der Waals surface area contributed by atoms with E-state index in [1.165, 1.54) is 6.07 Å². The smallest absolute Gasteiger partial charge is 0.152 e. The zero-order valence-corrected chi connectivity index (χ0v) is 9.95. The van der Waals surface area contributed by atoms with Gasteiger partial charge in [0.2, 0.25) is 0 Å². The van der Waals surface area contributed by atoms with E-state index in [1.807, 2.05) is 13.8 Å². The summed E-state index contributed by atoms with van der Waals surface area (Å²) in [6, 6.07) is 1.40. The minimum atomic E-state index is -0.385. The first-order valence-electron chi connectivity index (χ1n) is 5.25. The molecule has 0 bridgehead atoms. The second-order valence-corrected chi connectivity index (χ2v) is 3.73. The maximum atomic E-state index is 13.1. The average molecular weight is 232 g/mol. The van der Waals surface area contributed by atoms with Gasteiger partial charge in [-0.05, 0) is 19.9 Å². The van der Waals surface area contributed by atoms with Crippen LogP contribution in [-0.4, -0.2) is 22.0 Å². The van der Waals surface area contributed by atoms with Gasteiger partial charge in [0.15, 0.2) is 5.82 Å². The Balaban J connectivity index is 2.62. The first-order valence-corrected chi connectivity index (χ1v) is 5.25. The molecule has 0 aliphatic carbocycles. The van der Waals surface area contributed by atoms with Crippen molar-refractivity contribution in [3.8, 4) is 11.3 Å². The summed E-state index contributed by atoms with van der Waals surface area (Å²) in [4.78, 5) is 12.6. The third-order valence-corrected chi connectivity index (χ3v) is 2.52. The van der Waals surface area contributed by atoms with Crippen LogP contribution in [0.15, 0.2) is 18.5 Å². The summed E-state index contributed by atoms with van der Waals surface area (Å²) in [5, 5.41) is 2.96. The highest BCUT2D eigenvalue weighted by Gasteiger charge is 2.11. The van der Waals surface area contributed by atoms with Crippen LogP contribution < -0.4 is 5.32 Å². The van der Waals surface area contributed by atoms with E-state index in [0.29, 0.717) is 17.1 Å². The average Bonchev–Trinajstić information content (AvgIpc) is 2.32. The lowest BCUT2D eigenvalue weighted by Gasteiger charge is -2.10. The lowest BCUT2D eigenvalue weighted by Crippen LogP contribution is -2.03. The van der Waals surface area contributed by atoms with E-state index in [0.717, 1.165) is 17.6 Å². The molecule has 0 unspecified atom stereocenters. The van der Waals surface area contributed by atoms with Gasteiger partial charge in [0, 0.05) is 18.8 Å². The fraction of sp³-hybridized carbons (Fsp3) is 0.250. The summed E-state index contributed by atoms with van der Waals surface area (Å²) in [5.74, 6) is 0.241. The molecule has 0 spiro atoms. The number of nitrogens with zero attached hydrogens (tertiary/aromatic N) is 3. The van der Waals surface area contributed by atoms with Gasteiger partial charge >= 0.3 is 0 Å². The Hall–Kier alpha value is -2.04. The largest absolute Gasteiger partial charge is 0.371 e. The normalized spacial score (nSPS) is 10.4. The van der Waals surface area contributed by atoms with E-state index in [2.05, 4.69) is 20.3 Å². The van der Waals surface area contributed by atoms with E-state index in [4.69, 9.17) is 0 Å². The molecule has 0 amide bonds. The number of nitrogens with one attached hydrogen (secondary N) is 1. The molecule has 4 nitrogen and oxygen atoms in total. The van der Waals surface area contributed by atoms with Crippen LogP contribution in [0.25, 0.3) is 11.3 Å². The molecule has 2 aromatic rings. The molecule has 2 heterocycles. The van der Waals surface area contributed by atoms with Crippen LogP contribution in [0.4, 0.5) is 10.2 Å². The Labute approximate surface area is 99.0 Å². The SMILES string of the molecule is CNc1nc(C)c(C)nc1-c1cncc(F)c1. The van der Waals surface area contributed by atoms with Crippen LogP contribution in [0.3, 0.4) is 0 Å². The van der Waals surface area contributed by atoms with Gasteiger partial charge in [0.05, 0.1) is 17.6 Å². The highest BCUT2D eigenvalue weighted by Crippen LogP contribution is 2.24. The van der Waals surface area contributed by atoms with Gasteiger partial charge in [-0.15, -0.1) is 0 Å². The standard InChI is InChI=1S/C12H13FN4/c1-7-8(2)17-12(14-3)11(16-7)9-4-10(13)6-15-5-9/h4-6H,1-3H3,(H,14,17). The minimum absolute atomic E-state index is 0.385. The molecular formula is C12H13FN4. The number of hydrogen-bond acceptors (Lipinski definition) is 4. The van der Waals surface area contributed by atoms with Crippen LogP contribution in [0.1, 0.15) is 11.4 Å². The number of hydrogen-bond donors (Lipinski definition) is 1. The van der Waals surface area contributed by atoms with Gasteiger partial charge in [0.1, 0.15) is 11.5 Å². The molecule has 0 aliphatic rings. The van der Waals surface area contributed by atoms with Gasteiger partial charge in [-0.25, -0.2) is 14.4 Å². The van der Waals surface area contributed by atoms with Crippen molar-refractivity contribution in [3.63, 3.8) is 0 Å². The number of pyridine rings is 1. The summed E-state index contributed by atoms with van der Waals surface area (Å²) in [5.41, 5.74) is 2.90. The molecule has 0 saturated heterocycles. The molecular weight excluding hydrogens is 219 g/mol. The van der Waals surface area contributed by atoms with E-state index < -0.39 is 0 Å². The van der Waals surface area contributed by atoms with E-state index >= 15 is 0 Å². The first-order chi connectivity index (χ1) is 8.11. The Morgan fingerprint density at radius 2 is 1.82 bits per heavy atom. The second-order valence-electron chi connectivity index (χ2n) is 3.73. The third kappa shape index (κ3) is 2.22. The highest BCUT2D eigenvalue weighted by molar-refractivity contribution is 5.70. The quantitative estimate of drug-likeness (QED) is 0.863. The third-order valence-electron chi connectivity index (χ3n) is 2.52. The van der Waals surface area contributed by atoms with Gasteiger partial charge in [-0.2, -0.15) is 0 Å². The van der Waals surface area contributed by atoms with Crippen molar-refractivity contribution in [2.75, 3.05) is 12.4 Å². The van der Waals surface area contributed by atoms with Gasteiger partial charge in [0.25, 0.3) is 0 Å². The predicted octanol–water partition coefficient (Wildman–Crippen LogP) is 2.34.